The number of aliphatic imine (C=N–C) groups is 1. The molecule has 10 heteroatoms. The first-order chi connectivity index (χ1) is 13.8. The lowest BCUT2D eigenvalue weighted by Crippen LogP contribution is -2.48. The summed E-state index contributed by atoms with van der Waals surface area (Å²) in [5, 5.41) is 3.16. The van der Waals surface area contributed by atoms with Crippen molar-refractivity contribution in [3.05, 3.63) is 35.4 Å². The molecule has 0 aromatic heterocycles. The van der Waals surface area contributed by atoms with Crippen molar-refractivity contribution in [2.24, 2.45) is 10.7 Å². The number of nitrogens with two attached hydrogens (primary N) is 1. The average Bonchev–Trinajstić information content (AvgIpc) is 2.67. The standard InChI is InChI=1S/C19H27F3N4O3/c1-2-29-18(27)26-9-7-16(8-10-26)25-17(23)24-11-14-3-5-15(6-4-14)12-28-13-19(20,21)22/h3-6,16H,2,7-13H2,1H3,(H3,23,24,25). The molecule has 0 saturated carbocycles. The number of halogens is 3. The van der Waals surface area contributed by atoms with E-state index in [4.69, 9.17) is 10.5 Å². The highest BCUT2D eigenvalue weighted by Gasteiger charge is 2.27. The van der Waals surface area contributed by atoms with Crippen LogP contribution in [-0.4, -0.2) is 55.5 Å². The summed E-state index contributed by atoms with van der Waals surface area (Å²) in [5.41, 5.74) is 7.47. The van der Waals surface area contributed by atoms with Gasteiger partial charge >= 0.3 is 12.3 Å². The van der Waals surface area contributed by atoms with E-state index >= 15 is 0 Å². The van der Waals surface area contributed by atoms with Gasteiger partial charge in [0.05, 0.1) is 19.8 Å². The third kappa shape index (κ3) is 8.59. The zero-order chi connectivity index (χ0) is 21.3. The molecule has 0 aliphatic carbocycles. The van der Waals surface area contributed by atoms with E-state index < -0.39 is 12.8 Å². The molecular weight excluding hydrogens is 389 g/mol. The Labute approximate surface area is 168 Å². The van der Waals surface area contributed by atoms with Gasteiger partial charge in [-0.15, -0.1) is 0 Å². The van der Waals surface area contributed by atoms with Crippen LogP contribution in [0, 0.1) is 0 Å². The van der Waals surface area contributed by atoms with Crippen LogP contribution in [0.1, 0.15) is 30.9 Å². The molecule has 0 unspecified atom stereocenters. The lowest BCUT2D eigenvalue weighted by atomic mass is 10.1. The predicted molar refractivity (Wildman–Crippen MR) is 102 cm³/mol. The summed E-state index contributed by atoms with van der Waals surface area (Å²) < 4.78 is 45.8. The quantitative estimate of drug-likeness (QED) is 0.527. The summed E-state index contributed by atoms with van der Waals surface area (Å²) in [4.78, 5) is 17.7. The first-order valence-electron chi connectivity index (χ1n) is 9.47. The van der Waals surface area contributed by atoms with Crippen molar-refractivity contribution in [1.29, 1.82) is 0 Å². The molecule has 162 valence electrons. The molecule has 1 fully saturated rings. The van der Waals surface area contributed by atoms with Gasteiger partial charge in [0, 0.05) is 19.1 Å². The Morgan fingerprint density at radius 1 is 1.24 bits per heavy atom. The van der Waals surface area contributed by atoms with Crippen LogP contribution in [0.2, 0.25) is 0 Å². The van der Waals surface area contributed by atoms with Gasteiger partial charge in [0.25, 0.3) is 0 Å². The Kier molecular flexibility index (Phi) is 8.56. The van der Waals surface area contributed by atoms with Gasteiger partial charge in [0.1, 0.15) is 6.61 Å². The van der Waals surface area contributed by atoms with Crippen LogP contribution >= 0.6 is 0 Å². The third-order valence-electron chi connectivity index (χ3n) is 4.36. The van der Waals surface area contributed by atoms with Gasteiger partial charge in [-0.2, -0.15) is 13.2 Å². The molecule has 2 rings (SSSR count). The molecule has 0 radical (unpaired) electrons. The van der Waals surface area contributed by atoms with Crippen LogP contribution in [0.25, 0.3) is 0 Å². The summed E-state index contributed by atoms with van der Waals surface area (Å²) in [6, 6.07) is 7.10. The monoisotopic (exact) mass is 416 g/mol. The Bertz CT molecular complexity index is 672. The molecule has 1 aromatic carbocycles. The second-order valence-electron chi connectivity index (χ2n) is 6.73. The lowest BCUT2D eigenvalue weighted by molar-refractivity contribution is -0.176. The van der Waals surface area contributed by atoms with Gasteiger partial charge in [0.15, 0.2) is 5.96 Å². The topological polar surface area (TPSA) is 89.2 Å². The molecule has 1 aromatic rings. The Balaban J connectivity index is 1.72. The van der Waals surface area contributed by atoms with Crippen LogP contribution in [0.5, 0.6) is 0 Å². The molecular formula is C19H27F3N4O3. The fourth-order valence-electron chi connectivity index (χ4n) is 2.88. The molecule has 1 saturated heterocycles. The average molecular weight is 416 g/mol. The molecule has 0 bridgehead atoms. The molecule has 0 atom stereocenters. The van der Waals surface area contributed by atoms with Gasteiger partial charge in [-0.25, -0.2) is 9.79 Å². The number of hydrogen-bond donors (Lipinski definition) is 2. The van der Waals surface area contributed by atoms with E-state index in [9.17, 15) is 18.0 Å². The number of carbonyl (C=O) groups is 1. The first kappa shape index (κ1) is 22.8. The number of amides is 1. The number of ether oxygens (including phenoxy) is 2. The molecule has 1 heterocycles. The van der Waals surface area contributed by atoms with E-state index in [-0.39, 0.29) is 18.7 Å². The van der Waals surface area contributed by atoms with Crippen molar-refractivity contribution in [3.63, 3.8) is 0 Å². The minimum absolute atomic E-state index is 0.1000. The molecule has 1 aliphatic rings. The van der Waals surface area contributed by atoms with Gasteiger partial charge < -0.3 is 25.4 Å². The summed E-state index contributed by atoms with van der Waals surface area (Å²) in [6.07, 6.45) is -3.11. The van der Waals surface area contributed by atoms with Crippen molar-refractivity contribution in [1.82, 2.24) is 10.2 Å². The van der Waals surface area contributed by atoms with Crippen molar-refractivity contribution in [2.45, 2.75) is 45.1 Å². The van der Waals surface area contributed by atoms with Crippen molar-refractivity contribution in [3.8, 4) is 0 Å². The van der Waals surface area contributed by atoms with Gasteiger partial charge in [0.2, 0.25) is 0 Å². The number of nitrogens with zero attached hydrogens (tertiary/aromatic N) is 2. The maximum atomic E-state index is 12.1. The fraction of sp³-hybridized carbons (Fsp3) is 0.579. The number of benzene rings is 1. The summed E-state index contributed by atoms with van der Waals surface area (Å²) >= 11 is 0. The molecule has 0 spiro atoms. The zero-order valence-electron chi connectivity index (χ0n) is 16.4. The number of piperidine rings is 1. The minimum atomic E-state index is -4.32. The lowest BCUT2D eigenvalue weighted by Gasteiger charge is -2.31. The first-order valence-corrected chi connectivity index (χ1v) is 9.47. The molecule has 3 N–H and O–H groups in total. The number of guanidine groups is 1. The number of nitrogens with one attached hydrogen (secondary N) is 1. The van der Waals surface area contributed by atoms with E-state index in [1.54, 1.807) is 36.1 Å². The molecule has 29 heavy (non-hydrogen) atoms. The maximum absolute atomic E-state index is 12.1. The van der Waals surface area contributed by atoms with Crippen LogP contribution < -0.4 is 11.1 Å². The van der Waals surface area contributed by atoms with E-state index in [0.717, 1.165) is 18.4 Å². The van der Waals surface area contributed by atoms with Crippen LogP contribution in [0.15, 0.2) is 29.3 Å². The number of likely N-dealkylation sites (tertiary alicyclic amines) is 1. The number of carbonyl (C=O) groups excluding carboxylic acids is 1. The smallest absolute Gasteiger partial charge is 0.411 e. The van der Waals surface area contributed by atoms with E-state index in [1.165, 1.54) is 0 Å². The Morgan fingerprint density at radius 2 is 1.86 bits per heavy atom. The SMILES string of the molecule is CCOC(=O)N1CCC(NC(N)=NCc2ccc(COCC(F)(F)F)cc2)CC1. The highest BCUT2D eigenvalue weighted by Crippen LogP contribution is 2.16. The Morgan fingerprint density at radius 3 is 2.45 bits per heavy atom. The number of hydrogen-bond acceptors (Lipinski definition) is 4. The van der Waals surface area contributed by atoms with E-state index in [0.29, 0.717) is 37.8 Å². The van der Waals surface area contributed by atoms with Gasteiger partial charge in [-0.3, -0.25) is 0 Å². The van der Waals surface area contributed by atoms with E-state index in [1.807, 2.05) is 0 Å². The van der Waals surface area contributed by atoms with Crippen molar-refractivity contribution < 1.29 is 27.4 Å². The largest absolute Gasteiger partial charge is 0.450 e. The highest BCUT2D eigenvalue weighted by molar-refractivity contribution is 5.78. The van der Waals surface area contributed by atoms with Crippen LogP contribution in [-0.2, 0) is 22.6 Å². The normalized spacial score (nSPS) is 16.0. The zero-order valence-corrected chi connectivity index (χ0v) is 16.4. The molecule has 1 aliphatic heterocycles. The van der Waals surface area contributed by atoms with Gasteiger partial charge in [-0.1, -0.05) is 24.3 Å². The Hall–Kier alpha value is -2.49. The maximum Gasteiger partial charge on any atom is 0.411 e. The summed E-state index contributed by atoms with van der Waals surface area (Å²) in [6.45, 7) is 2.32. The number of alkyl halides is 3. The molecule has 7 nitrogen and oxygen atoms in total. The van der Waals surface area contributed by atoms with Crippen molar-refractivity contribution >= 4 is 12.1 Å². The predicted octanol–water partition coefficient (Wildman–Crippen LogP) is 2.79. The second-order valence-corrected chi connectivity index (χ2v) is 6.73. The number of rotatable bonds is 7. The van der Waals surface area contributed by atoms with Crippen LogP contribution in [0.3, 0.4) is 0 Å². The summed E-state index contributed by atoms with van der Waals surface area (Å²) in [7, 11) is 0. The highest BCUT2D eigenvalue weighted by atomic mass is 19.4. The van der Waals surface area contributed by atoms with Crippen molar-refractivity contribution in [2.75, 3.05) is 26.3 Å². The van der Waals surface area contributed by atoms with Crippen LogP contribution in [0.4, 0.5) is 18.0 Å². The summed E-state index contributed by atoms with van der Waals surface area (Å²) in [5.74, 6) is 0.317. The second kappa shape index (κ2) is 10.9. The van der Waals surface area contributed by atoms with Gasteiger partial charge in [-0.05, 0) is 30.9 Å². The fourth-order valence-corrected chi connectivity index (χ4v) is 2.88. The molecule has 1 amide bonds. The third-order valence-corrected chi connectivity index (χ3v) is 4.36. The minimum Gasteiger partial charge on any atom is -0.450 e. The van der Waals surface area contributed by atoms with E-state index in [2.05, 4.69) is 15.0 Å².